The zero-order valence-electron chi connectivity index (χ0n) is 13.1. The van der Waals surface area contributed by atoms with Crippen molar-refractivity contribution in [2.45, 2.75) is 0 Å². The number of carbonyl (C=O) groups excluding carboxylic acids is 2. The van der Waals surface area contributed by atoms with Gasteiger partial charge in [0.15, 0.2) is 11.5 Å². The molecule has 0 unspecified atom stereocenters. The molecular formula is C19H16O5. The third kappa shape index (κ3) is 4.84. The van der Waals surface area contributed by atoms with Crippen LogP contribution in [0.5, 0.6) is 17.2 Å². The minimum atomic E-state index is -0.608. The molecule has 0 atom stereocenters. The highest BCUT2D eigenvalue weighted by atomic mass is 16.6. The summed E-state index contributed by atoms with van der Waals surface area (Å²) < 4.78 is 15.3. The van der Waals surface area contributed by atoms with Gasteiger partial charge in [-0.3, -0.25) is 0 Å². The second-order valence-corrected chi connectivity index (χ2v) is 4.60. The lowest BCUT2D eigenvalue weighted by molar-refractivity contribution is -0.130. The Labute approximate surface area is 139 Å². The Bertz CT molecular complexity index is 763. The lowest BCUT2D eigenvalue weighted by Crippen LogP contribution is -2.06. The monoisotopic (exact) mass is 324 g/mol. The maximum absolute atomic E-state index is 11.8. The van der Waals surface area contributed by atoms with Gasteiger partial charge in [0.05, 0.1) is 7.11 Å². The van der Waals surface area contributed by atoms with Crippen molar-refractivity contribution in [3.05, 3.63) is 72.8 Å². The van der Waals surface area contributed by atoms with Gasteiger partial charge in [0.1, 0.15) is 5.75 Å². The molecule has 2 aromatic carbocycles. The van der Waals surface area contributed by atoms with Gasteiger partial charge in [-0.25, -0.2) is 9.59 Å². The lowest BCUT2D eigenvalue weighted by Gasteiger charge is -2.09. The van der Waals surface area contributed by atoms with Crippen molar-refractivity contribution in [2.24, 2.45) is 0 Å². The van der Waals surface area contributed by atoms with Crippen LogP contribution in [0, 0.1) is 0 Å². The van der Waals surface area contributed by atoms with Crippen molar-refractivity contribution in [1.82, 2.24) is 0 Å². The first-order valence-corrected chi connectivity index (χ1v) is 7.09. The van der Waals surface area contributed by atoms with Gasteiger partial charge in [0, 0.05) is 18.2 Å². The number of hydrogen-bond donors (Lipinski definition) is 0. The molecule has 0 saturated carbocycles. The highest BCUT2D eigenvalue weighted by molar-refractivity contribution is 5.89. The third-order valence-electron chi connectivity index (χ3n) is 2.94. The molecule has 0 amide bonds. The summed E-state index contributed by atoms with van der Waals surface area (Å²) in [6.07, 6.45) is 4.02. The summed E-state index contributed by atoms with van der Waals surface area (Å²) in [6, 6.07) is 13.8. The molecule has 0 bridgehead atoms. The van der Waals surface area contributed by atoms with Crippen molar-refractivity contribution >= 4 is 18.0 Å². The Morgan fingerprint density at radius 3 is 2.38 bits per heavy atom. The fourth-order valence-electron chi connectivity index (χ4n) is 1.82. The van der Waals surface area contributed by atoms with E-state index in [-0.39, 0.29) is 17.2 Å². The van der Waals surface area contributed by atoms with E-state index in [0.29, 0.717) is 0 Å². The van der Waals surface area contributed by atoms with E-state index in [2.05, 4.69) is 6.58 Å². The SMILES string of the molecule is C=CC(=O)Oc1ccc(OC(=O)/C=C/c2ccccc2)cc1OC. The van der Waals surface area contributed by atoms with Gasteiger partial charge in [0.2, 0.25) is 0 Å². The molecule has 0 aliphatic heterocycles. The Morgan fingerprint density at radius 2 is 1.71 bits per heavy atom. The van der Waals surface area contributed by atoms with Crippen molar-refractivity contribution in [2.75, 3.05) is 7.11 Å². The van der Waals surface area contributed by atoms with Gasteiger partial charge < -0.3 is 14.2 Å². The standard InChI is InChI=1S/C19H16O5/c1-3-18(20)24-16-11-10-15(13-17(16)22-2)23-19(21)12-9-14-7-5-4-6-8-14/h3-13H,1H2,2H3/b12-9+. The van der Waals surface area contributed by atoms with Gasteiger partial charge in [-0.2, -0.15) is 0 Å². The zero-order valence-corrected chi connectivity index (χ0v) is 13.1. The van der Waals surface area contributed by atoms with Gasteiger partial charge in [-0.1, -0.05) is 36.9 Å². The van der Waals surface area contributed by atoms with E-state index in [1.54, 1.807) is 6.08 Å². The normalized spacial score (nSPS) is 10.2. The molecule has 0 saturated heterocycles. The summed E-state index contributed by atoms with van der Waals surface area (Å²) in [4.78, 5) is 23.1. The van der Waals surface area contributed by atoms with E-state index >= 15 is 0 Å². The summed E-state index contributed by atoms with van der Waals surface area (Å²) in [5, 5.41) is 0. The molecule has 0 radical (unpaired) electrons. The maximum atomic E-state index is 11.8. The van der Waals surface area contributed by atoms with Crippen molar-refractivity contribution in [3.8, 4) is 17.2 Å². The molecule has 122 valence electrons. The summed E-state index contributed by atoms with van der Waals surface area (Å²) in [5.41, 5.74) is 0.888. The number of methoxy groups -OCH3 is 1. The van der Waals surface area contributed by atoms with Crippen molar-refractivity contribution in [3.63, 3.8) is 0 Å². The van der Waals surface area contributed by atoms with Crippen LogP contribution in [0.1, 0.15) is 5.56 Å². The molecule has 2 rings (SSSR count). The predicted octanol–water partition coefficient (Wildman–Crippen LogP) is 3.41. The van der Waals surface area contributed by atoms with Crippen molar-refractivity contribution < 1.29 is 23.8 Å². The quantitative estimate of drug-likeness (QED) is 0.463. The first-order valence-electron chi connectivity index (χ1n) is 7.09. The molecule has 2 aromatic rings. The summed E-state index contributed by atoms with van der Waals surface area (Å²) in [7, 11) is 1.42. The van der Waals surface area contributed by atoms with E-state index < -0.39 is 11.9 Å². The molecular weight excluding hydrogens is 308 g/mol. The molecule has 5 nitrogen and oxygen atoms in total. The van der Waals surface area contributed by atoms with E-state index in [9.17, 15) is 9.59 Å². The van der Waals surface area contributed by atoms with Crippen LogP contribution in [0.3, 0.4) is 0 Å². The molecule has 0 aliphatic carbocycles. The zero-order chi connectivity index (χ0) is 17.4. The van der Waals surface area contributed by atoms with Gasteiger partial charge in [-0.05, 0) is 23.8 Å². The van der Waals surface area contributed by atoms with Crippen LogP contribution in [0.15, 0.2) is 67.3 Å². The summed E-state index contributed by atoms with van der Waals surface area (Å²) in [6.45, 7) is 3.32. The molecule has 0 fully saturated rings. The van der Waals surface area contributed by atoms with E-state index in [1.165, 1.54) is 31.4 Å². The highest BCUT2D eigenvalue weighted by Crippen LogP contribution is 2.31. The topological polar surface area (TPSA) is 61.8 Å². The second-order valence-electron chi connectivity index (χ2n) is 4.60. The number of ether oxygens (including phenoxy) is 3. The molecule has 0 aromatic heterocycles. The fourth-order valence-corrected chi connectivity index (χ4v) is 1.82. The van der Waals surface area contributed by atoms with Gasteiger partial charge in [-0.15, -0.1) is 0 Å². The summed E-state index contributed by atoms with van der Waals surface area (Å²) in [5.74, 6) is -0.391. The third-order valence-corrected chi connectivity index (χ3v) is 2.94. The Hall–Kier alpha value is -3.34. The lowest BCUT2D eigenvalue weighted by atomic mass is 10.2. The molecule has 0 aliphatic rings. The number of hydrogen-bond acceptors (Lipinski definition) is 5. The van der Waals surface area contributed by atoms with Gasteiger partial charge >= 0.3 is 11.9 Å². The number of rotatable bonds is 6. The van der Waals surface area contributed by atoms with Gasteiger partial charge in [0.25, 0.3) is 0 Å². The van der Waals surface area contributed by atoms with Crippen LogP contribution in [0.4, 0.5) is 0 Å². The Kier molecular flexibility index (Phi) is 5.91. The van der Waals surface area contributed by atoms with E-state index in [1.807, 2.05) is 30.3 Å². The minimum absolute atomic E-state index is 0.210. The average molecular weight is 324 g/mol. The number of carbonyl (C=O) groups is 2. The highest BCUT2D eigenvalue weighted by Gasteiger charge is 2.10. The predicted molar refractivity (Wildman–Crippen MR) is 89.9 cm³/mol. The second kappa shape index (κ2) is 8.33. The minimum Gasteiger partial charge on any atom is -0.493 e. The maximum Gasteiger partial charge on any atom is 0.336 e. The van der Waals surface area contributed by atoms with Crippen LogP contribution in [0.2, 0.25) is 0 Å². The number of esters is 2. The molecule has 0 heterocycles. The van der Waals surface area contributed by atoms with E-state index in [0.717, 1.165) is 11.6 Å². The largest absolute Gasteiger partial charge is 0.493 e. The average Bonchev–Trinajstić information content (AvgIpc) is 2.62. The van der Waals surface area contributed by atoms with E-state index in [4.69, 9.17) is 14.2 Å². The van der Waals surface area contributed by atoms with Crippen LogP contribution in [-0.4, -0.2) is 19.0 Å². The molecule has 0 N–H and O–H groups in total. The smallest absolute Gasteiger partial charge is 0.336 e. The first kappa shape index (κ1) is 17.0. The van der Waals surface area contributed by atoms with Crippen LogP contribution >= 0.6 is 0 Å². The van der Waals surface area contributed by atoms with Crippen LogP contribution in [-0.2, 0) is 9.59 Å². The Balaban J connectivity index is 2.06. The fraction of sp³-hybridized carbons (Fsp3) is 0.0526. The summed E-state index contributed by atoms with van der Waals surface area (Å²) >= 11 is 0. The van der Waals surface area contributed by atoms with Crippen molar-refractivity contribution in [1.29, 1.82) is 0 Å². The molecule has 24 heavy (non-hydrogen) atoms. The number of benzene rings is 2. The molecule has 5 heteroatoms. The van der Waals surface area contributed by atoms with Crippen LogP contribution < -0.4 is 14.2 Å². The molecule has 0 spiro atoms. The first-order chi connectivity index (χ1) is 11.6. The Morgan fingerprint density at radius 1 is 0.958 bits per heavy atom. The van der Waals surface area contributed by atoms with Crippen LogP contribution in [0.25, 0.3) is 6.08 Å².